The first-order valence-corrected chi connectivity index (χ1v) is 11.6. The van der Waals surface area contributed by atoms with Crippen molar-refractivity contribution in [1.29, 1.82) is 0 Å². The summed E-state index contributed by atoms with van der Waals surface area (Å²) in [6, 6.07) is 21.3. The van der Waals surface area contributed by atoms with Gasteiger partial charge in [-0.25, -0.2) is 8.42 Å². The summed E-state index contributed by atoms with van der Waals surface area (Å²) in [6.45, 7) is 1.17. The average Bonchev–Trinajstić information content (AvgIpc) is 3.36. The number of carbonyl (C=O) groups is 1. The van der Waals surface area contributed by atoms with Gasteiger partial charge in [0.15, 0.2) is 0 Å². The quantitative estimate of drug-likeness (QED) is 0.621. The van der Waals surface area contributed by atoms with Crippen molar-refractivity contribution < 1.29 is 17.9 Å². The minimum absolute atomic E-state index is 0.233. The molecule has 1 aliphatic heterocycles. The lowest BCUT2D eigenvalue weighted by molar-refractivity contribution is 0.102. The fourth-order valence-electron chi connectivity index (χ4n) is 3.65. The van der Waals surface area contributed by atoms with Gasteiger partial charge in [-0.05, 0) is 60.4 Å². The van der Waals surface area contributed by atoms with Crippen LogP contribution in [0.2, 0.25) is 0 Å². The first-order chi connectivity index (χ1) is 15.0. The average molecular weight is 437 g/mol. The first-order valence-electron chi connectivity index (χ1n) is 10.1. The highest BCUT2D eigenvalue weighted by Crippen LogP contribution is 2.26. The number of methoxy groups -OCH3 is 1. The maximum absolute atomic E-state index is 12.7. The minimum Gasteiger partial charge on any atom is -0.495 e. The summed E-state index contributed by atoms with van der Waals surface area (Å²) in [5.74, 6) is 0.361. The normalized spacial score (nSPS) is 14.4. The largest absolute Gasteiger partial charge is 0.495 e. The summed E-state index contributed by atoms with van der Waals surface area (Å²) in [6.07, 6.45) is 1.82. The molecule has 4 rings (SSSR count). The smallest absolute Gasteiger partial charge is 0.255 e. The van der Waals surface area contributed by atoms with Gasteiger partial charge in [-0.15, -0.1) is 0 Å². The van der Waals surface area contributed by atoms with Crippen molar-refractivity contribution >= 4 is 21.6 Å². The van der Waals surface area contributed by atoms with E-state index in [1.54, 1.807) is 55.6 Å². The van der Waals surface area contributed by atoms with Gasteiger partial charge in [0.2, 0.25) is 10.0 Å². The molecule has 1 amide bonds. The van der Waals surface area contributed by atoms with E-state index >= 15 is 0 Å². The van der Waals surface area contributed by atoms with Crippen LogP contribution < -0.4 is 10.1 Å². The van der Waals surface area contributed by atoms with Crippen LogP contribution in [0.5, 0.6) is 5.75 Å². The molecule has 6 nitrogen and oxygen atoms in total. The molecule has 0 bridgehead atoms. The van der Waals surface area contributed by atoms with Gasteiger partial charge in [0.05, 0.1) is 17.7 Å². The Morgan fingerprint density at radius 2 is 1.45 bits per heavy atom. The van der Waals surface area contributed by atoms with Gasteiger partial charge >= 0.3 is 0 Å². The highest BCUT2D eigenvalue weighted by Gasteiger charge is 2.26. The number of ether oxygens (including phenoxy) is 1. The number of hydrogen-bond acceptors (Lipinski definition) is 4. The molecule has 1 fully saturated rings. The Morgan fingerprint density at radius 1 is 0.871 bits per heavy atom. The van der Waals surface area contributed by atoms with Gasteiger partial charge in [-0.2, -0.15) is 4.31 Å². The monoisotopic (exact) mass is 436 g/mol. The summed E-state index contributed by atoms with van der Waals surface area (Å²) in [5, 5.41) is 2.85. The Labute approximate surface area is 182 Å². The number of amides is 1. The van der Waals surface area contributed by atoms with Gasteiger partial charge in [0.25, 0.3) is 5.91 Å². The van der Waals surface area contributed by atoms with E-state index in [1.807, 2.05) is 24.3 Å². The Hall–Kier alpha value is -3.16. The molecule has 3 aromatic rings. The zero-order valence-corrected chi connectivity index (χ0v) is 18.1. The van der Waals surface area contributed by atoms with E-state index in [4.69, 9.17) is 4.74 Å². The number of carbonyl (C=O) groups excluding carboxylic acids is 1. The SMILES string of the molecule is COc1ccccc1NC(=O)c1ccc(-c2ccc(S(=O)(=O)N3CCCC3)cc2)cc1. The topological polar surface area (TPSA) is 75.7 Å². The second-order valence-electron chi connectivity index (χ2n) is 7.37. The summed E-state index contributed by atoms with van der Waals surface area (Å²) in [4.78, 5) is 12.9. The van der Waals surface area contributed by atoms with Gasteiger partial charge < -0.3 is 10.1 Å². The van der Waals surface area contributed by atoms with Crippen LogP contribution in [0.4, 0.5) is 5.69 Å². The molecular weight excluding hydrogens is 412 g/mol. The Morgan fingerprint density at radius 3 is 2.06 bits per heavy atom. The van der Waals surface area contributed by atoms with Gasteiger partial charge in [0.1, 0.15) is 5.75 Å². The Kier molecular flexibility index (Phi) is 6.06. The third-order valence-corrected chi connectivity index (χ3v) is 7.31. The van der Waals surface area contributed by atoms with Gasteiger partial charge in [-0.3, -0.25) is 4.79 Å². The minimum atomic E-state index is -3.42. The summed E-state index contributed by atoms with van der Waals surface area (Å²) in [7, 11) is -1.86. The molecule has 1 heterocycles. The number of hydrogen-bond donors (Lipinski definition) is 1. The van der Waals surface area contributed by atoms with E-state index in [0.29, 0.717) is 35.0 Å². The van der Waals surface area contributed by atoms with Gasteiger partial charge in [-0.1, -0.05) is 36.4 Å². The molecule has 1 N–H and O–H groups in total. The first kappa shape index (κ1) is 21.1. The molecule has 1 aliphatic rings. The fourth-order valence-corrected chi connectivity index (χ4v) is 5.17. The Bertz CT molecular complexity index is 1170. The zero-order valence-electron chi connectivity index (χ0n) is 17.2. The van der Waals surface area contributed by atoms with Crippen molar-refractivity contribution in [3.8, 4) is 16.9 Å². The maximum atomic E-state index is 12.7. The molecule has 0 aromatic heterocycles. The number of para-hydroxylation sites is 2. The Balaban J connectivity index is 1.48. The molecule has 0 saturated carbocycles. The molecule has 0 radical (unpaired) electrons. The predicted octanol–water partition coefficient (Wildman–Crippen LogP) is 4.40. The molecule has 7 heteroatoms. The lowest BCUT2D eigenvalue weighted by Crippen LogP contribution is -2.27. The number of rotatable bonds is 6. The van der Waals surface area contributed by atoms with Crippen molar-refractivity contribution in [2.45, 2.75) is 17.7 Å². The van der Waals surface area contributed by atoms with Crippen LogP contribution in [0.25, 0.3) is 11.1 Å². The third-order valence-electron chi connectivity index (χ3n) is 5.39. The van der Waals surface area contributed by atoms with E-state index in [1.165, 1.54) is 4.31 Å². The predicted molar refractivity (Wildman–Crippen MR) is 121 cm³/mol. The number of anilines is 1. The van der Waals surface area contributed by atoms with Crippen LogP contribution in [-0.2, 0) is 10.0 Å². The van der Waals surface area contributed by atoms with Crippen molar-refractivity contribution in [3.05, 3.63) is 78.4 Å². The molecule has 0 spiro atoms. The lowest BCUT2D eigenvalue weighted by atomic mass is 10.0. The van der Waals surface area contributed by atoms with Crippen LogP contribution in [0.1, 0.15) is 23.2 Å². The lowest BCUT2D eigenvalue weighted by Gasteiger charge is -2.15. The van der Waals surface area contributed by atoms with E-state index in [0.717, 1.165) is 24.0 Å². The summed E-state index contributed by atoms with van der Waals surface area (Å²) >= 11 is 0. The number of benzene rings is 3. The van der Waals surface area contributed by atoms with E-state index in [-0.39, 0.29) is 5.91 Å². The molecule has 31 heavy (non-hydrogen) atoms. The van der Waals surface area contributed by atoms with Crippen molar-refractivity contribution in [1.82, 2.24) is 4.31 Å². The van der Waals surface area contributed by atoms with Crippen LogP contribution in [0.3, 0.4) is 0 Å². The second-order valence-corrected chi connectivity index (χ2v) is 9.31. The highest BCUT2D eigenvalue weighted by atomic mass is 32.2. The molecule has 0 aliphatic carbocycles. The standard InChI is InChI=1S/C24H24N2O4S/c1-30-23-7-3-2-6-22(23)25-24(27)20-10-8-18(9-11-20)19-12-14-21(15-13-19)31(28,29)26-16-4-5-17-26/h2-3,6-15H,4-5,16-17H2,1H3,(H,25,27). The van der Waals surface area contributed by atoms with E-state index in [9.17, 15) is 13.2 Å². The van der Waals surface area contributed by atoms with Crippen LogP contribution in [-0.4, -0.2) is 38.8 Å². The van der Waals surface area contributed by atoms with Crippen LogP contribution in [0.15, 0.2) is 77.7 Å². The maximum Gasteiger partial charge on any atom is 0.255 e. The molecule has 0 unspecified atom stereocenters. The number of sulfonamides is 1. The molecule has 160 valence electrons. The molecule has 1 saturated heterocycles. The van der Waals surface area contributed by atoms with E-state index in [2.05, 4.69) is 5.32 Å². The molecule has 3 aromatic carbocycles. The highest BCUT2D eigenvalue weighted by molar-refractivity contribution is 7.89. The second kappa shape index (κ2) is 8.91. The van der Waals surface area contributed by atoms with Crippen molar-refractivity contribution in [2.75, 3.05) is 25.5 Å². The summed E-state index contributed by atoms with van der Waals surface area (Å²) < 4.78 is 32.1. The van der Waals surface area contributed by atoms with Crippen molar-refractivity contribution in [3.63, 3.8) is 0 Å². The third kappa shape index (κ3) is 4.47. The van der Waals surface area contributed by atoms with Crippen molar-refractivity contribution in [2.24, 2.45) is 0 Å². The summed E-state index contributed by atoms with van der Waals surface area (Å²) in [5.41, 5.74) is 2.91. The number of nitrogens with one attached hydrogen (secondary N) is 1. The molecular formula is C24H24N2O4S. The van der Waals surface area contributed by atoms with E-state index < -0.39 is 10.0 Å². The fraction of sp³-hybridized carbons (Fsp3) is 0.208. The van der Waals surface area contributed by atoms with Crippen LogP contribution in [0, 0.1) is 0 Å². The number of nitrogens with zero attached hydrogens (tertiary/aromatic N) is 1. The molecule has 0 atom stereocenters. The zero-order chi connectivity index (χ0) is 21.8. The van der Waals surface area contributed by atoms with Gasteiger partial charge in [0, 0.05) is 18.7 Å². The van der Waals surface area contributed by atoms with Crippen LogP contribution >= 0.6 is 0 Å².